The Balaban J connectivity index is 2.02. The standard InChI is InChI=1S/C9H15N3O2/c1-6-8(11-12-9(6)13)4-7-5-14-3-2-10-7/h7,10H,2-5H2,1H3,(H2,11,12,13). The van der Waals surface area contributed by atoms with Gasteiger partial charge in [0.25, 0.3) is 5.56 Å². The molecule has 1 aliphatic heterocycles. The monoisotopic (exact) mass is 197 g/mol. The molecule has 0 aliphatic carbocycles. The van der Waals surface area contributed by atoms with Gasteiger partial charge in [0.05, 0.1) is 13.2 Å². The number of morpholine rings is 1. The zero-order chi connectivity index (χ0) is 9.97. The maximum absolute atomic E-state index is 11.1. The van der Waals surface area contributed by atoms with Crippen molar-refractivity contribution in [3.8, 4) is 0 Å². The number of H-pyrrole nitrogens is 2. The van der Waals surface area contributed by atoms with Crippen molar-refractivity contribution < 1.29 is 4.74 Å². The second kappa shape index (κ2) is 3.98. The van der Waals surface area contributed by atoms with Gasteiger partial charge < -0.3 is 15.2 Å². The molecule has 1 atom stereocenters. The highest BCUT2D eigenvalue weighted by atomic mass is 16.5. The van der Waals surface area contributed by atoms with Crippen molar-refractivity contribution >= 4 is 0 Å². The quantitative estimate of drug-likeness (QED) is 0.601. The van der Waals surface area contributed by atoms with E-state index in [2.05, 4.69) is 15.5 Å². The molecule has 1 aromatic rings. The second-order valence-electron chi connectivity index (χ2n) is 3.61. The number of nitrogens with one attached hydrogen (secondary N) is 3. The molecule has 2 rings (SSSR count). The second-order valence-corrected chi connectivity index (χ2v) is 3.61. The Bertz CT molecular complexity index is 349. The fourth-order valence-electron chi connectivity index (χ4n) is 1.66. The van der Waals surface area contributed by atoms with Crippen LogP contribution in [0.1, 0.15) is 11.3 Å². The first-order valence-corrected chi connectivity index (χ1v) is 4.84. The molecule has 0 spiro atoms. The third kappa shape index (κ3) is 1.88. The fraction of sp³-hybridized carbons (Fsp3) is 0.667. The van der Waals surface area contributed by atoms with Gasteiger partial charge in [-0.15, -0.1) is 0 Å². The predicted molar refractivity (Wildman–Crippen MR) is 52.5 cm³/mol. The van der Waals surface area contributed by atoms with E-state index in [1.807, 2.05) is 6.92 Å². The Morgan fingerprint density at radius 1 is 1.50 bits per heavy atom. The summed E-state index contributed by atoms with van der Waals surface area (Å²) in [6.07, 6.45) is 0.810. The molecule has 0 amide bonds. The fourth-order valence-corrected chi connectivity index (χ4v) is 1.66. The predicted octanol–water partition coefficient (Wildman–Crippen LogP) is -0.458. The largest absolute Gasteiger partial charge is 0.379 e. The van der Waals surface area contributed by atoms with Gasteiger partial charge in [0.2, 0.25) is 0 Å². The molecule has 3 N–H and O–H groups in total. The van der Waals surface area contributed by atoms with E-state index >= 15 is 0 Å². The van der Waals surface area contributed by atoms with E-state index in [4.69, 9.17) is 4.74 Å². The van der Waals surface area contributed by atoms with Gasteiger partial charge in [-0.3, -0.25) is 9.89 Å². The normalized spacial score (nSPS) is 22.5. The Morgan fingerprint density at radius 3 is 2.93 bits per heavy atom. The van der Waals surface area contributed by atoms with Gasteiger partial charge in [-0.25, -0.2) is 0 Å². The lowest BCUT2D eigenvalue weighted by atomic mass is 10.1. The molecule has 2 heterocycles. The molecule has 14 heavy (non-hydrogen) atoms. The van der Waals surface area contributed by atoms with Crippen LogP contribution in [0, 0.1) is 6.92 Å². The van der Waals surface area contributed by atoms with Crippen LogP contribution in [0.5, 0.6) is 0 Å². The van der Waals surface area contributed by atoms with Crippen LogP contribution < -0.4 is 10.9 Å². The lowest BCUT2D eigenvalue weighted by Crippen LogP contribution is -2.42. The molecular formula is C9H15N3O2. The number of hydrogen-bond acceptors (Lipinski definition) is 3. The average Bonchev–Trinajstić information content (AvgIpc) is 2.52. The average molecular weight is 197 g/mol. The highest BCUT2D eigenvalue weighted by Crippen LogP contribution is 2.04. The molecule has 1 fully saturated rings. The summed E-state index contributed by atoms with van der Waals surface area (Å²) < 4.78 is 5.34. The third-order valence-electron chi connectivity index (χ3n) is 2.57. The van der Waals surface area contributed by atoms with Gasteiger partial charge in [0.1, 0.15) is 0 Å². The van der Waals surface area contributed by atoms with Gasteiger partial charge in [-0.1, -0.05) is 0 Å². The maximum atomic E-state index is 11.1. The Hall–Kier alpha value is -1.07. The van der Waals surface area contributed by atoms with E-state index in [0.29, 0.717) is 12.6 Å². The van der Waals surface area contributed by atoms with Gasteiger partial charge in [0, 0.05) is 30.3 Å². The number of ether oxygens (including phenoxy) is 1. The molecule has 0 bridgehead atoms. The molecule has 1 aromatic heterocycles. The van der Waals surface area contributed by atoms with Crippen LogP contribution in [0.2, 0.25) is 0 Å². The molecule has 1 unspecified atom stereocenters. The van der Waals surface area contributed by atoms with Crippen molar-refractivity contribution in [3.05, 3.63) is 21.6 Å². The van der Waals surface area contributed by atoms with Crippen molar-refractivity contribution in [2.45, 2.75) is 19.4 Å². The molecule has 0 saturated carbocycles. The van der Waals surface area contributed by atoms with Crippen molar-refractivity contribution in [2.24, 2.45) is 0 Å². The molecule has 1 aliphatic rings. The minimum atomic E-state index is -0.0308. The van der Waals surface area contributed by atoms with Crippen LogP contribution in [-0.4, -0.2) is 36.0 Å². The van der Waals surface area contributed by atoms with Crippen LogP contribution in [0.3, 0.4) is 0 Å². The van der Waals surface area contributed by atoms with E-state index in [1.165, 1.54) is 0 Å². The van der Waals surface area contributed by atoms with Crippen LogP contribution in [0.4, 0.5) is 0 Å². The zero-order valence-electron chi connectivity index (χ0n) is 8.22. The highest BCUT2D eigenvalue weighted by molar-refractivity contribution is 5.15. The van der Waals surface area contributed by atoms with Crippen molar-refractivity contribution in [2.75, 3.05) is 19.8 Å². The molecule has 1 saturated heterocycles. The van der Waals surface area contributed by atoms with Crippen molar-refractivity contribution in [3.63, 3.8) is 0 Å². The topological polar surface area (TPSA) is 69.9 Å². The smallest absolute Gasteiger partial charge is 0.267 e. The summed E-state index contributed by atoms with van der Waals surface area (Å²) in [5, 5.41) is 8.81. The van der Waals surface area contributed by atoms with Crippen LogP contribution in [0.25, 0.3) is 0 Å². The van der Waals surface area contributed by atoms with Crippen LogP contribution in [0.15, 0.2) is 4.79 Å². The summed E-state index contributed by atoms with van der Waals surface area (Å²) in [5.41, 5.74) is 1.71. The zero-order valence-corrected chi connectivity index (χ0v) is 8.22. The van der Waals surface area contributed by atoms with Gasteiger partial charge in [0.15, 0.2) is 0 Å². The lowest BCUT2D eigenvalue weighted by molar-refractivity contribution is 0.0767. The van der Waals surface area contributed by atoms with Crippen molar-refractivity contribution in [1.82, 2.24) is 15.5 Å². The Labute approximate surface area is 81.8 Å². The minimum Gasteiger partial charge on any atom is -0.379 e. The molecular weight excluding hydrogens is 182 g/mol. The number of aromatic amines is 2. The molecule has 0 aromatic carbocycles. The molecule has 78 valence electrons. The van der Waals surface area contributed by atoms with Crippen LogP contribution in [-0.2, 0) is 11.2 Å². The summed E-state index contributed by atoms with van der Waals surface area (Å²) in [5.74, 6) is 0. The summed E-state index contributed by atoms with van der Waals surface area (Å²) in [4.78, 5) is 11.1. The number of hydrogen-bond donors (Lipinski definition) is 3. The first kappa shape index (κ1) is 9.48. The van der Waals surface area contributed by atoms with Crippen LogP contribution >= 0.6 is 0 Å². The SMILES string of the molecule is Cc1c(CC2COCCN2)[nH][nH]c1=O. The van der Waals surface area contributed by atoms with Crippen molar-refractivity contribution in [1.29, 1.82) is 0 Å². The molecule has 5 nitrogen and oxygen atoms in total. The Kier molecular flexibility index (Phi) is 2.69. The van der Waals surface area contributed by atoms with E-state index in [1.54, 1.807) is 0 Å². The summed E-state index contributed by atoms with van der Waals surface area (Å²) >= 11 is 0. The molecule has 0 radical (unpaired) electrons. The maximum Gasteiger partial charge on any atom is 0.267 e. The van der Waals surface area contributed by atoms with Gasteiger partial charge >= 0.3 is 0 Å². The highest BCUT2D eigenvalue weighted by Gasteiger charge is 2.16. The first-order chi connectivity index (χ1) is 6.77. The summed E-state index contributed by atoms with van der Waals surface area (Å²) in [6.45, 7) is 4.21. The van der Waals surface area contributed by atoms with Gasteiger partial charge in [-0.2, -0.15) is 0 Å². The summed E-state index contributed by atoms with van der Waals surface area (Å²) in [6, 6.07) is 0.314. The first-order valence-electron chi connectivity index (χ1n) is 4.84. The van der Waals surface area contributed by atoms with E-state index in [-0.39, 0.29) is 5.56 Å². The van der Waals surface area contributed by atoms with E-state index in [9.17, 15) is 4.79 Å². The van der Waals surface area contributed by atoms with E-state index in [0.717, 1.165) is 30.8 Å². The van der Waals surface area contributed by atoms with E-state index < -0.39 is 0 Å². The third-order valence-corrected chi connectivity index (χ3v) is 2.57. The number of rotatable bonds is 2. The minimum absolute atomic E-state index is 0.0308. The van der Waals surface area contributed by atoms with Gasteiger partial charge in [-0.05, 0) is 6.92 Å². The lowest BCUT2D eigenvalue weighted by Gasteiger charge is -2.23. The number of aromatic nitrogens is 2. The molecule has 5 heteroatoms. The Morgan fingerprint density at radius 2 is 2.36 bits per heavy atom. The summed E-state index contributed by atoms with van der Waals surface area (Å²) in [7, 11) is 0.